The fraction of sp³-hybridized carbons (Fsp3) is 0.833. The molecule has 1 saturated heterocycles. The van der Waals surface area contributed by atoms with Crippen LogP contribution >= 0.6 is 0 Å². The Labute approximate surface area is 108 Å². The van der Waals surface area contributed by atoms with Gasteiger partial charge in [0.05, 0.1) is 31.6 Å². The summed E-state index contributed by atoms with van der Waals surface area (Å²) in [5, 5.41) is 11.6. The smallest absolute Gasteiger partial charge is 0.0965 e. The van der Waals surface area contributed by atoms with Crippen LogP contribution < -0.4 is 5.32 Å². The summed E-state index contributed by atoms with van der Waals surface area (Å²) in [6, 6.07) is 0.238. The van der Waals surface area contributed by atoms with Crippen LogP contribution in [0.2, 0.25) is 0 Å². The molecule has 2 atom stereocenters. The summed E-state index contributed by atoms with van der Waals surface area (Å²) < 4.78 is 13.0. The van der Waals surface area contributed by atoms with E-state index in [4.69, 9.17) is 9.47 Å². The first-order valence-corrected chi connectivity index (χ1v) is 6.57. The van der Waals surface area contributed by atoms with Gasteiger partial charge in [-0.25, -0.2) is 0 Å². The van der Waals surface area contributed by atoms with E-state index in [0.717, 1.165) is 25.1 Å². The SMILES string of the molecule is CCCNC(Cc1cn(C)nn1)C1COCCO1. The number of hydrogen-bond acceptors (Lipinski definition) is 5. The highest BCUT2D eigenvalue weighted by atomic mass is 16.6. The molecule has 102 valence electrons. The third-order valence-electron chi connectivity index (χ3n) is 3.03. The monoisotopic (exact) mass is 254 g/mol. The first-order chi connectivity index (χ1) is 8.79. The predicted octanol–water partition coefficient (Wildman–Crippen LogP) is 0.141. The molecule has 0 saturated carbocycles. The Morgan fingerprint density at radius 3 is 3.06 bits per heavy atom. The van der Waals surface area contributed by atoms with Crippen LogP contribution in [0.25, 0.3) is 0 Å². The van der Waals surface area contributed by atoms with E-state index in [1.54, 1.807) is 4.68 Å². The number of nitrogens with zero attached hydrogens (tertiary/aromatic N) is 3. The summed E-state index contributed by atoms with van der Waals surface area (Å²) in [5.74, 6) is 0. The molecule has 1 aromatic heterocycles. The Hall–Kier alpha value is -0.980. The zero-order chi connectivity index (χ0) is 12.8. The largest absolute Gasteiger partial charge is 0.376 e. The molecule has 1 aliphatic heterocycles. The average Bonchev–Trinajstić information content (AvgIpc) is 2.81. The van der Waals surface area contributed by atoms with Gasteiger partial charge in [-0.1, -0.05) is 12.1 Å². The molecule has 6 heteroatoms. The summed E-state index contributed by atoms with van der Waals surface area (Å²) in [5.41, 5.74) is 0.986. The van der Waals surface area contributed by atoms with Gasteiger partial charge in [0.2, 0.25) is 0 Å². The highest BCUT2D eigenvalue weighted by Gasteiger charge is 2.25. The molecule has 2 rings (SSSR count). The van der Waals surface area contributed by atoms with E-state index >= 15 is 0 Å². The minimum atomic E-state index is 0.104. The molecule has 2 unspecified atom stereocenters. The molecular formula is C12H22N4O2. The van der Waals surface area contributed by atoms with Crippen molar-refractivity contribution in [2.45, 2.75) is 31.9 Å². The van der Waals surface area contributed by atoms with Crippen molar-refractivity contribution in [3.05, 3.63) is 11.9 Å². The number of rotatable bonds is 6. The van der Waals surface area contributed by atoms with Gasteiger partial charge in [0, 0.05) is 25.7 Å². The summed E-state index contributed by atoms with van der Waals surface area (Å²) in [7, 11) is 1.88. The van der Waals surface area contributed by atoms with Crippen LogP contribution in [-0.4, -0.2) is 53.5 Å². The van der Waals surface area contributed by atoms with Gasteiger partial charge in [0.25, 0.3) is 0 Å². The van der Waals surface area contributed by atoms with E-state index in [-0.39, 0.29) is 12.1 Å². The molecule has 0 radical (unpaired) electrons. The zero-order valence-electron chi connectivity index (χ0n) is 11.1. The first-order valence-electron chi connectivity index (χ1n) is 6.57. The van der Waals surface area contributed by atoms with Crippen LogP contribution in [0.4, 0.5) is 0 Å². The molecule has 1 N–H and O–H groups in total. The van der Waals surface area contributed by atoms with Crippen molar-refractivity contribution < 1.29 is 9.47 Å². The summed E-state index contributed by atoms with van der Waals surface area (Å²) in [6.45, 7) is 5.16. The van der Waals surface area contributed by atoms with Crippen LogP contribution in [0, 0.1) is 0 Å². The van der Waals surface area contributed by atoms with Gasteiger partial charge in [-0.05, 0) is 13.0 Å². The minimum Gasteiger partial charge on any atom is -0.376 e. The van der Waals surface area contributed by atoms with Crippen molar-refractivity contribution in [2.24, 2.45) is 7.05 Å². The lowest BCUT2D eigenvalue weighted by atomic mass is 10.1. The Balaban J connectivity index is 1.94. The third-order valence-corrected chi connectivity index (χ3v) is 3.03. The van der Waals surface area contributed by atoms with Crippen molar-refractivity contribution in [1.82, 2.24) is 20.3 Å². The molecule has 0 spiro atoms. The van der Waals surface area contributed by atoms with Crippen molar-refractivity contribution in [3.63, 3.8) is 0 Å². The van der Waals surface area contributed by atoms with Crippen molar-refractivity contribution in [1.29, 1.82) is 0 Å². The van der Waals surface area contributed by atoms with E-state index in [0.29, 0.717) is 19.8 Å². The number of nitrogens with one attached hydrogen (secondary N) is 1. The standard InChI is InChI=1S/C12H22N4O2/c1-3-4-13-11(12-9-17-5-6-18-12)7-10-8-16(2)15-14-10/h8,11-13H,3-7,9H2,1-2H3. The maximum Gasteiger partial charge on any atom is 0.0965 e. The Bertz CT molecular complexity index is 350. The second-order valence-corrected chi connectivity index (χ2v) is 4.63. The highest BCUT2D eigenvalue weighted by Crippen LogP contribution is 2.10. The van der Waals surface area contributed by atoms with Crippen LogP contribution in [0.1, 0.15) is 19.0 Å². The van der Waals surface area contributed by atoms with Crippen LogP contribution in [0.15, 0.2) is 6.20 Å². The quantitative estimate of drug-likeness (QED) is 0.782. The summed E-state index contributed by atoms with van der Waals surface area (Å²) >= 11 is 0. The number of hydrogen-bond donors (Lipinski definition) is 1. The second-order valence-electron chi connectivity index (χ2n) is 4.63. The zero-order valence-corrected chi connectivity index (χ0v) is 11.1. The molecule has 0 amide bonds. The lowest BCUT2D eigenvalue weighted by Gasteiger charge is -2.30. The van der Waals surface area contributed by atoms with E-state index in [2.05, 4.69) is 22.6 Å². The van der Waals surface area contributed by atoms with Crippen molar-refractivity contribution in [3.8, 4) is 0 Å². The molecule has 0 aliphatic carbocycles. The maximum atomic E-state index is 5.77. The van der Waals surface area contributed by atoms with E-state index in [1.165, 1.54) is 0 Å². The van der Waals surface area contributed by atoms with Crippen LogP contribution in [0.5, 0.6) is 0 Å². The maximum absolute atomic E-state index is 5.77. The predicted molar refractivity (Wildman–Crippen MR) is 67.3 cm³/mol. The van der Waals surface area contributed by atoms with E-state index in [1.807, 2.05) is 13.2 Å². The Kier molecular flexibility index (Phi) is 5.10. The molecule has 2 heterocycles. The second kappa shape index (κ2) is 6.82. The molecule has 18 heavy (non-hydrogen) atoms. The number of aryl methyl sites for hydroxylation is 1. The molecule has 0 aromatic carbocycles. The molecule has 0 bridgehead atoms. The van der Waals surface area contributed by atoms with Gasteiger partial charge in [-0.15, -0.1) is 5.10 Å². The van der Waals surface area contributed by atoms with Crippen molar-refractivity contribution >= 4 is 0 Å². The Morgan fingerprint density at radius 2 is 2.44 bits per heavy atom. The first kappa shape index (κ1) is 13.5. The fourth-order valence-electron chi connectivity index (χ4n) is 2.12. The minimum absolute atomic E-state index is 0.104. The Morgan fingerprint density at radius 1 is 1.56 bits per heavy atom. The molecular weight excluding hydrogens is 232 g/mol. The number of ether oxygens (including phenoxy) is 2. The van der Waals surface area contributed by atoms with Crippen LogP contribution in [0.3, 0.4) is 0 Å². The number of aromatic nitrogens is 3. The summed E-state index contributed by atoms with van der Waals surface area (Å²) in [6.07, 6.45) is 3.98. The lowest BCUT2D eigenvalue weighted by Crippen LogP contribution is -2.48. The van der Waals surface area contributed by atoms with Crippen molar-refractivity contribution in [2.75, 3.05) is 26.4 Å². The molecule has 1 aliphatic rings. The van der Waals surface area contributed by atoms with Gasteiger partial charge >= 0.3 is 0 Å². The van der Waals surface area contributed by atoms with Gasteiger partial charge in [-0.3, -0.25) is 4.68 Å². The summed E-state index contributed by atoms with van der Waals surface area (Å²) in [4.78, 5) is 0. The van der Waals surface area contributed by atoms with Gasteiger partial charge in [0.15, 0.2) is 0 Å². The molecule has 1 aromatic rings. The molecule has 6 nitrogen and oxygen atoms in total. The average molecular weight is 254 g/mol. The highest BCUT2D eigenvalue weighted by molar-refractivity contribution is 4.98. The fourth-order valence-corrected chi connectivity index (χ4v) is 2.12. The third kappa shape index (κ3) is 3.76. The topological polar surface area (TPSA) is 61.2 Å². The van der Waals surface area contributed by atoms with E-state index < -0.39 is 0 Å². The van der Waals surface area contributed by atoms with Gasteiger partial charge in [0.1, 0.15) is 0 Å². The van der Waals surface area contributed by atoms with Gasteiger partial charge in [-0.2, -0.15) is 0 Å². The normalized spacial score (nSPS) is 22.0. The lowest BCUT2D eigenvalue weighted by molar-refractivity contribution is -0.101. The van der Waals surface area contributed by atoms with Gasteiger partial charge < -0.3 is 14.8 Å². The van der Waals surface area contributed by atoms with Crippen LogP contribution in [-0.2, 0) is 22.9 Å². The van der Waals surface area contributed by atoms with E-state index in [9.17, 15) is 0 Å². The molecule has 1 fully saturated rings.